The van der Waals surface area contributed by atoms with Crippen molar-refractivity contribution < 1.29 is 9.13 Å². The van der Waals surface area contributed by atoms with Crippen molar-refractivity contribution in [2.45, 2.75) is 26.2 Å². The number of hydrogen-bond acceptors (Lipinski definition) is 2. The highest BCUT2D eigenvalue weighted by Crippen LogP contribution is 2.33. The van der Waals surface area contributed by atoms with Crippen molar-refractivity contribution in [2.24, 2.45) is 0 Å². The van der Waals surface area contributed by atoms with Crippen molar-refractivity contribution in [3.05, 3.63) is 54.1 Å². The molecule has 1 heterocycles. The number of halogens is 1. The standard InChI is InChI=1S/C15H16FNO/c1-15(2,3)12-6-4-5-7-13(12)18-11-8-9-17-14(16)10-11/h4-10H,1-3H3. The van der Waals surface area contributed by atoms with E-state index in [4.69, 9.17) is 4.74 Å². The summed E-state index contributed by atoms with van der Waals surface area (Å²) in [6.45, 7) is 6.34. The average Bonchev–Trinajstić information content (AvgIpc) is 2.28. The molecule has 0 atom stereocenters. The largest absolute Gasteiger partial charge is 0.457 e. The minimum Gasteiger partial charge on any atom is -0.457 e. The van der Waals surface area contributed by atoms with Gasteiger partial charge < -0.3 is 4.74 Å². The number of nitrogens with zero attached hydrogens (tertiary/aromatic N) is 1. The Bertz CT molecular complexity index is 546. The summed E-state index contributed by atoms with van der Waals surface area (Å²) in [6.07, 6.45) is 1.39. The minimum atomic E-state index is -0.541. The zero-order chi connectivity index (χ0) is 13.2. The molecule has 18 heavy (non-hydrogen) atoms. The Labute approximate surface area is 106 Å². The maximum absolute atomic E-state index is 13.0. The number of benzene rings is 1. The Hall–Kier alpha value is -1.90. The van der Waals surface area contributed by atoms with Gasteiger partial charge in [0.2, 0.25) is 5.95 Å². The SMILES string of the molecule is CC(C)(C)c1ccccc1Oc1ccnc(F)c1. The van der Waals surface area contributed by atoms with Crippen LogP contribution in [-0.4, -0.2) is 4.98 Å². The highest BCUT2D eigenvalue weighted by molar-refractivity contribution is 5.41. The summed E-state index contributed by atoms with van der Waals surface area (Å²) in [4.78, 5) is 3.51. The van der Waals surface area contributed by atoms with Crippen molar-refractivity contribution in [3.8, 4) is 11.5 Å². The monoisotopic (exact) mass is 245 g/mol. The van der Waals surface area contributed by atoms with Gasteiger partial charge >= 0.3 is 0 Å². The van der Waals surface area contributed by atoms with Crippen molar-refractivity contribution in [3.63, 3.8) is 0 Å². The third kappa shape index (κ3) is 2.86. The predicted octanol–water partition coefficient (Wildman–Crippen LogP) is 4.31. The van der Waals surface area contributed by atoms with Crippen LogP contribution in [0.1, 0.15) is 26.3 Å². The Morgan fingerprint density at radius 2 is 1.83 bits per heavy atom. The number of pyridine rings is 1. The van der Waals surface area contributed by atoms with Gasteiger partial charge in [-0.25, -0.2) is 4.98 Å². The number of para-hydroxylation sites is 1. The second kappa shape index (κ2) is 4.77. The summed E-state index contributed by atoms with van der Waals surface area (Å²) in [5, 5.41) is 0. The van der Waals surface area contributed by atoms with Gasteiger partial charge in [0.05, 0.1) is 0 Å². The Morgan fingerprint density at radius 3 is 2.50 bits per heavy atom. The van der Waals surface area contributed by atoms with E-state index in [1.54, 1.807) is 6.07 Å². The molecule has 0 aliphatic heterocycles. The molecule has 0 aliphatic rings. The molecular formula is C15H16FNO. The van der Waals surface area contributed by atoms with Crippen molar-refractivity contribution in [2.75, 3.05) is 0 Å². The maximum atomic E-state index is 13.0. The fourth-order valence-electron chi connectivity index (χ4n) is 1.75. The minimum absolute atomic E-state index is 0.0256. The second-order valence-corrected chi connectivity index (χ2v) is 5.16. The lowest BCUT2D eigenvalue weighted by atomic mass is 9.86. The lowest BCUT2D eigenvalue weighted by Gasteiger charge is -2.22. The Kier molecular flexibility index (Phi) is 3.32. The topological polar surface area (TPSA) is 22.1 Å². The van der Waals surface area contributed by atoms with Gasteiger partial charge in [-0.1, -0.05) is 39.0 Å². The van der Waals surface area contributed by atoms with Crippen molar-refractivity contribution >= 4 is 0 Å². The van der Waals surface area contributed by atoms with Crippen LogP contribution in [0.4, 0.5) is 4.39 Å². The smallest absolute Gasteiger partial charge is 0.216 e. The van der Waals surface area contributed by atoms with Gasteiger partial charge in [-0.3, -0.25) is 0 Å². The van der Waals surface area contributed by atoms with E-state index < -0.39 is 5.95 Å². The number of aromatic nitrogens is 1. The van der Waals surface area contributed by atoms with Crippen LogP contribution in [0.3, 0.4) is 0 Å². The van der Waals surface area contributed by atoms with E-state index in [0.29, 0.717) is 5.75 Å². The normalized spacial score (nSPS) is 11.3. The highest BCUT2D eigenvalue weighted by Gasteiger charge is 2.18. The molecule has 3 heteroatoms. The molecule has 2 nitrogen and oxygen atoms in total. The first-order valence-corrected chi connectivity index (χ1v) is 5.86. The number of ether oxygens (including phenoxy) is 1. The summed E-state index contributed by atoms with van der Waals surface area (Å²) >= 11 is 0. The predicted molar refractivity (Wildman–Crippen MR) is 69.4 cm³/mol. The van der Waals surface area contributed by atoms with Crippen LogP contribution < -0.4 is 4.74 Å². The zero-order valence-electron chi connectivity index (χ0n) is 10.8. The first-order chi connectivity index (χ1) is 8.47. The van der Waals surface area contributed by atoms with Gasteiger partial charge in [-0.15, -0.1) is 0 Å². The van der Waals surface area contributed by atoms with Gasteiger partial charge in [-0.05, 0) is 17.5 Å². The summed E-state index contributed by atoms with van der Waals surface area (Å²) in [7, 11) is 0. The van der Waals surface area contributed by atoms with E-state index in [2.05, 4.69) is 25.8 Å². The first kappa shape index (κ1) is 12.6. The summed E-state index contributed by atoms with van der Waals surface area (Å²) in [5.41, 5.74) is 1.06. The van der Waals surface area contributed by atoms with Gasteiger partial charge in [0.25, 0.3) is 0 Å². The molecule has 0 saturated heterocycles. The van der Waals surface area contributed by atoms with Gasteiger partial charge in [-0.2, -0.15) is 4.39 Å². The summed E-state index contributed by atoms with van der Waals surface area (Å²) in [5.74, 6) is 0.663. The lowest BCUT2D eigenvalue weighted by molar-refractivity contribution is 0.448. The van der Waals surface area contributed by atoms with E-state index in [0.717, 1.165) is 11.3 Å². The molecule has 0 spiro atoms. The molecule has 0 bridgehead atoms. The van der Waals surface area contributed by atoms with Gasteiger partial charge in [0, 0.05) is 17.8 Å². The molecule has 1 aromatic heterocycles. The fourth-order valence-corrected chi connectivity index (χ4v) is 1.75. The molecular weight excluding hydrogens is 229 g/mol. The van der Waals surface area contributed by atoms with Crippen LogP contribution in [0.2, 0.25) is 0 Å². The van der Waals surface area contributed by atoms with Crippen LogP contribution in [0.5, 0.6) is 11.5 Å². The third-order valence-corrected chi connectivity index (χ3v) is 2.62. The Balaban J connectivity index is 2.35. The van der Waals surface area contributed by atoms with E-state index in [1.807, 2.05) is 24.3 Å². The average molecular weight is 245 g/mol. The van der Waals surface area contributed by atoms with Crippen LogP contribution in [0.15, 0.2) is 42.6 Å². The van der Waals surface area contributed by atoms with Gasteiger partial charge in [0.1, 0.15) is 11.5 Å². The van der Waals surface area contributed by atoms with E-state index in [1.165, 1.54) is 12.3 Å². The van der Waals surface area contributed by atoms with Gasteiger partial charge in [0.15, 0.2) is 0 Å². The zero-order valence-corrected chi connectivity index (χ0v) is 10.8. The first-order valence-electron chi connectivity index (χ1n) is 5.86. The lowest BCUT2D eigenvalue weighted by Crippen LogP contribution is -2.12. The fraction of sp³-hybridized carbons (Fsp3) is 0.267. The molecule has 94 valence electrons. The highest BCUT2D eigenvalue weighted by atomic mass is 19.1. The third-order valence-electron chi connectivity index (χ3n) is 2.62. The Morgan fingerprint density at radius 1 is 1.11 bits per heavy atom. The van der Waals surface area contributed by atoms with Crippen LogP contribution in [0.25, 0.3) is 0 Å². The molecule has 0 saturated carbocycles. The molecule has 1 aromatic carbocycles. The molecule has 2 aromatic rings. The molecule has 0 fully saturated rings. The molecule has 2 rings (SSSR count). The van der Waals surface area contributed by atoms with Crippen LogP contribution >= 0.6 is 0 Å². The summed E-state index contributed by atoms with van der Waals surface area (Å²) in [6, 6.07) is 10.7. The maximum Gasteiger partial charge on any atom is 0.216 e. The van der Waals surface area contributed by atoms with Crippen LogP contribution in [0, 0.1) is 5.95 Å². The second-order valence-electron chi connectivity index (χ2n) is 5.16. The van der Waals surface area contributed by atoms with E-state index in [-0.39, 0.29) is 5.41 Å². The van der Waals surface area contributed by atoms with E-state index in [9.17, 15) is 4.39 Å². The molecule has 0 N–H and O–H groups in total. The molecule has 0 unspecified atom stereocenters. The number of hydrogen-bond donors (Lipinski definition) is 0. The molecule has 0 amide bonds. The van der Waals surface area contributed by atoms with Crippen LogP contribution in [-0.2, 0) is 5.41 Å². The molecule has 0 aliphatic carbocycles. The van der Waals surface area contributed by atoms with E-state index >= 15 is 0 Å². The molecule has 0 radical (unpaired) electrons. The summed E-state index contributed by atoms with van der Waals surface area (Å²) < 4.78 is 18.8. The van der Waals surface area contributed by atoms with Crippen molar-refractivity contribution in [1.29, 1.82) is 0 Å². The number of rotatable bonds is 2. The quantitative estimate of drug-likeness (QED) is 0.735. The van der Waals surface area contributed by atoms with Crippen molar-refractivity contribution in [1.82, 2.24) is 4.98 Å².